The fourth-order valence-corrected chi connectivity index (χ4v) is 2.65. The summed E-state index contributed by atoms with van der Waals surface area (Å²) in [5.74, 6) is 0.632. The second-order valence-electron chi connectivity index (χ2n) is 4.67. The van der Waals surface area contributed by atoms with E-state index < -0.39 is 0 Å². The third kappa shape index (κ3) is 4.42. The Hall–Kier alpha value is -2.14. The Kier molecular flexibility index (Phi) is 5.93. The van der Waals surface area contributed by atoms with Crippen LogP contribution in [0.15, 0.2) is 46.9 Å². The summed E-state index contributed by atoms with van der Waals surface area (Å²) in [5, 5.41) is 0. The summed E-state index contributed by atoms with van der Waals surface area (Å²) in [4.78, 5) is 12.1. The molecule has 2 aromatic rings. The van der Waals surface area contributed by atoms with Gasteiger partial charge in [-0.15, -0.1) is 0 Å². The molecule has 0 atom stereocenters. The number of methoxy groups -OCH3 is 1. The Labute approximate surface area is 142 Å². The zero-order chi connectivity index (χ0) is 16.8. The van der Waals surface area contributed by atoms with Gasteiger partial charge in [-0.2, -0.15) is 0 Å². The first kappa shape index (κ1) is 17.2. The van der Waals surface area contributed by atoms with E-state index in [4.69, 9.17) is 9.47 Å². The number of ether oxygens (including phenoxy) is 2. The molecule has 0 amide bonds. The van der Waals surface area contributed by atoms with Crippen LogP contribution in [0, 0.1) is 5.82 Å². The number of carbonyl (C=O) groups excluding carboxylic acids is 1. The van der Waals surface area contributed by atoms with Crippen LogP contribution in [0.4, 0.5) is 4.39 Å². The van der Waals surface area contributed by atoms with Crippen LogP contribution in [0.3, 0.4) is 0 Å². The van der Waals surface area contributed by atoms with Crippen molar-refractivity contribution in [3.8, 4) is 11.5 Å². The maximum Gasteiger partial charge on any atom is 0.185 e. The van der Waals surface area contributed by atoms with Crippen molar-refractivity contribution < 1.29 is 18.7 Å². The van der Waals surface area contributed by atoms with Crippen molar-refractivity contribution in [2.75, 3.05) is 13.7 Å². The van der Waals surface area contributed by atoms with Gasteiger partial charge in [-0.25, -0.2) is 4.39 Å². The van der Waals surface area contributed by atoms with Gasteiger partial charge >= 0.3 is 0 Å². The topological polar surface area (TPSA) is 35.5 Å². The van der Waals surface area contributed by atoms with E-state index >= 15 is 0 Å². The SMILES string of the molecule is CCOc1cc(/C=C/C(=O)c2ccc(F)cc2)cc(Br)c1OC. The Morgan fingerprint density at radius 2 is 1.96 bits per heavy atom. The van der Waals surface area contributed by atoms with E-state index in [0.717, 1.165) is 10.0 Å². The second-order valence-corrected chi connectivity index (χ2v) is 5.53. The summed E-state index contributed by atoms with van der Waals surface area (Å²) in [7, 11) is 1.57. The van der Waals surface area contributed by atoms with Crippen LogP contribution in [0.25, 0.3) is 6.08 Å². The molecule has 0 bridgehead atoms. The van der Waals surface area contributed by atoms with Gasteiger partial charge in [0.05, 0.1) is 18.2 Å². The lowest BCUT2D eigenvalue weighted by Crippen LogP contribution is -1.97. The Balaban J connectivity index is 2.25. The fourth-order valence-electron chi connectivity index (χ4n) is 2.03. The Bertz CT molecular complexity index is 724. The highest BCUT2D eigenvalue weighted by Crippen LogP contribution is 2.36. The number of allylic oxidation sites excluding steroid dienone is 1. The van der Waals surface area contributed by atoms with E-state index in [0.29, 0.717) is 23.7 Å². The van der Waals surface area contributed by atoms with Gasteiger partial charge in [0.2, 0.25) is 0 Å². The van der Waals surface area contributed by atoms with E-state index in [1.165, 1.54) is 30.3 Å². The highest BCUT2D eigenvalue weighted by Gasteiger charge is 2.10. The monoisotopic (exact) mass is 378 g/mol. The lowest BCUT2D eigenvalue weighted by Gasteiger charge is -2.12. The number of carbonyl (C=O) groups is 1. The number of ketones is 1. The molecule has 23 heavy (non-hydrogen) atoms. The molecule has 0 radical (unpaired) electrons. The number of benzene rings is 2. The molecule has 0 N–H and O–H groups in total. The standard InChI is InChI=1S/C18H16BrFO3/c1-3-23-17-11-12(10-15(19)18(17)22-2)4-9-16(21)13-5-7-14(20)8-6-13/h4-11H,3H2,1-2H3/b9-4+. The predicted octanol–water partition coefficient (Wildman–Crippen LogP) is 4.89. The second kappa shape index (κ2) is 7.92. The first-order chi connectivity index (χ1) is 11.0. The first-order valence-corrected chi connectivity index (χ1v) is 7.82. The minimum atomic E-state index is -0.369. The molecule has 120 valence electrons. The maximum absolute atomic E-state index is 12.9. The van der Waals surface area contributed by atoms with Crippen molar-refractivity contribution in [3.63, 3.8) is 0 Å². The van der Waals surface area contributed by atoms with E-state index in [9.17, 15) is 9.18 Å². The molecule has 0 aliphatic heterocycles. The first-order valence-electron chi connectivity index (χ1n) is 7.03. The minimum absolute atomic E-state index is 0.199. The Morgan fingerprint density at radius 3 is 2.57 bits per heavy atom. The third-order valence-electron chi connectivity index (χ3n) is 3.09. The molecule has 0 unspecified atom stereocenters. The summed E-state index contributed by atoms with van der Waals surface area (Å²) >= 11 is 3.42. The molecular formula is C18H16BrFO3. The molecule has 5 heteroatoms. The molecule has 0 aliphatic carbocycles. The molecule has 0 aliphatic rings. The van der Waals surface area contributed by atoms with Gasteiger partial charge in [0.25, 0.3) is 0 Å². The summed E-state index contributed by atoms with van der Waals surface area (Å²) in [6, 6.07) is 9.06. The summed E-state index contributed by atoms with van der Waals surface area (Å²) < 4.78 is 24.4. The number of hydrogen-bond donors (Lipinski definition) is 0. The normalized spacial score (nSPS) is 10.8. The van der Waals surface area contributed by atoms with E-state index in [-0.39, 0.29) is 11.6 Å². The summed E-state index contributed by atoms with van der Waals surface area (Å²) in [5.41, 5.74) is 1.22. The van der Waals surface area contributed by atoms with Crippen LogP contribution in [-0.2, 0) is 0 Å². The van der Waals surface area contributed by atoms with Gasteiger partial charge in [0, 0.05) is 5.56 Å². The third-order valence-corrected chi connectivity index (χ3v) is 3.68. The number of hydrogen-bond acceptors (Lipinski definition) is 3. The molecule has 0 heterocycles. The number of halogens is 2. The molecular weight excluding hydrogens is 363 g/mol. The fraction of sp³-hybridized carbons (Fsp3) is 0.167. The molecule has 2 rings (SSSR count). The highest BCUT2D eigenvalue weighted by atomic mass is 79.9. The van der Waals surface area contributed by atoms with Crippen LogP contribution >= 0.6 is 15.9 Å². The minimum Gasteiger partial charge on any atom is -0.492 e. The van der Waals surface area contributed by atoms with Gasteiger partial charge in [-0.3, -0.25) is 4.79 Å². The average Bonchev–Trinajstić information content (AvgIpc) is 2.53. The average molecular weight is 379 g/mol. The van der Waals surface area contributed by atoms with Gasteiger partial charge < -0.3 is 9.47 Å². The molecule has 3 nitrogen and oxygen atoms in total. The van der Waals surface area contributed by atoms with Crippen molar-refractivity contribution >= 4 is 27.8 Å². The quantitative estimate of drug-likeness (QED) is 0.530. The summed E-state index contributed by atoms with van der Waals surface area (Å²) in [6.07, 6.45) is 3.12. The van der Waals surface area contributed by atoms with Gasteiger partial charge in [-0.1, -0.05) is 6.08 Å². The van der Waals surface area contributed by atoms with Crippen LogP contribution in [0.1, 0.15) is 22.8 Å². The lowest BCUT2D eigenvalue weighted by molar-refractivity contribution is 0.104. The van der Waals surface area contributed by atoms with Crippen LogP contribution in [0.5, 0.6) is 11.5 Å². The molecule has 0 saturated heterocycles. The van der Waals surface area contributed by atoms with Crippen LogP contribution < -0.4 is 9.47 Å². The van der Waals surface area contributed by atoms with Crippen LogP contribution in [0.2, 0.25) is 0 Å². The van der Waals surface area contributed by atoms with Crippen molar-refractivity contribution in [1.82, 2.24) is 0 Å². The molecule has 0 saturated carbocycles. The van der Waals surface area contributed by atoms with Gasteiger partial charge in [0.15, 0.2) is 17.3 Å². The largest absolute Gasteiger partial charge is 0.492 e. The van der Waals surface area contributed by atoms with E-state index in [2.05, 4.69) is 15.9 Å². The van der Waals surface area contributed by atoms with E-state index in [1.807, 2.05) is 13.0 Å². The van der Waals surface area contributed by atoms with Crippen molar-refractivity contribution in [2.45, 2.75) is 6.92 Å². The lowest BCUT2D eigenvalue weighted by atomic mass is 10.1. The van der Waals surface area contributed by atoms with Crippen molar-refractivity contribution in [2.24, 2.45) is 0 Å². The maximum atomic E-state index is 12.9. The smallest absolute Gasteiger partial charge is 0.185 e. The highest BCUT2D eigenvalue weighted by molar-refractivity contribution is 9.10. The van der Waals surface area contributed by atoms with Crippen molar-refractivity contribution in [3.05, 3.63) is 63.9 Å². The van der Waals surface area contributed by atoms with E-state index in [1.54, 1.807) is 19.3 Å². The molecule has 0 aromatic heterocycles. The molecule has 2 aromatic carbocycles. The van der Waals surface area contributed by atoms with Crippen molar-refractivity contribution in [1.29, 1.82) is 0 Å². The predicted molar refractivity (Wildman–Crippen MR) is 91.6 cm³/mol. The molecule has 0 fully saturated rings. The molecule has 0 spiro atoms. The van der Waals surface area contributed by atoms with Gasteiger partial charge in [-0.05, 0) is 70.9 Å². The number of rotatable bonds is 6. The zero-order valence-electron chi connectivity index (χ0n) is 12.8. The summed E-state index contributed by atoms with van der Waals surface area (Å²) in [6.45, 7) is 2.39. The Morgan fingerprint density at radius 1 is 1.26 bits per heavy atom. The van der Waals surface area contributed by atoms with Crippen LogP contribution in [-0.4, -0.2) is 19.5 Å². The van der Waals surface area contributed by atoms with Gasteiger partial charge in [0.1, 0.15) is 5.82 Å². The zero-order valence-corrected chi connectivity index (χ0v) is 14.4.